The molecule has 5 rings (SSSR count). The number of nitrogens with one attached hydrogen (secondary N) is 1. The number of hydrogen-bond donors (Lipinski definition) is 1. The summed E-state index contributed by atoms with van der Waals surface area (Å²) in [4.78, 5) is 26.2. The van der Waals surface area contributed by atoms with Gasteiger partial charge in [0, 0.05) is 37.5 Å². The zero-order chi connectivity index (χ0) is 19.8. The van der Waals surface area contributed by atoms with Gasteiger partial charge < -0.3 is 10.2 Å². The Hall–Kier alpha value is -3.14. The molecule has 0 saturated carbocycles. The van der Waals surface area contributed by atoms with Gasteiger partial charge in [0.05, 0.1) is 0 Å². The molecule has 2 heterocycles. The highest BCUT2D eigenvalue weighted by Gasteiger charge is 2.23. The van der Waals surface area contributed by atoms with Crippen molar-refractivity contribution < 1.29 is 9.59 Å². The quantitative estimate of drug-likeness (QED) is 0.730. The van der Waals surface area contributed by atoms with Gasteiger partial charge in [-0.1, -0.05) is 48.5 Å². The first-order valence-corrected chi connectivity index (χ1v) is 10.4. The second-order valence-corrected chi connectivity index (χ2v) is 8.07. The summed E-state index contributed by atoms with van der Waals surface area (Å²) < 4.78 is 0. The Morgan fingerprint density at radius 3 is 2.48 bits per heavy atom. The molecule has 4 heteroatoms. The van der Waals surface area contributed by atoms with Crippen LogP contribution in [0, 0.1) is 0 Å². The van der Waals surface area contributed by atoms with Crippen LogP contribution in [0.25, 0.3) is 21.9 Å². The van der Waals surface area contributed by atoms with E-state index in [2.05, 4.69) is 53.8 Å². The Labute approximate surface area is 170 Å². The molecule has 2 aliphatic heterocycles. The van der Waals surface area contributed by atoms with E-state index in [0.29, 0.717) is 6.42 Å². The summed E-state index contributed by atoms with van der Waals surface area (Å²) in [5.74, 6) is 0.537. The number of hydrogen-bond acceptors (Lipinski definition) is 2. The number of benzene rings is 3. The first kappa shape index (κ1) is 17.9. The van der Waals surface area contributed by atoms with E-state index in [1.165, 1.54) is 5.56 Å². The Bertz CT molecular complexity index is 1080. The molecule has 0 aliphatic carbocycles. The Kier molecular flexibility index (Phi) is 4.55. The lowest BCUT2D eigenvalue weighted by molar-refractivity contribution is -0.119. The maximum absolute atomic E-state index is 12.7. The van der Waals surface area contributed by atoms with Crippen LogP contribution >= 0.6 is 0 Å². The van der Waals surface area contributed by atoms with E-state index in [9.17, 15) is 9.59 Å². The topological polar surface area (TPSA) is 49.4 Å². The van der Waals surface area contributed by atoms with Gasteiger partial charge in [0.15, 0.2) is 0 Å². The van der Waals surface area contributed by atoms with Crippen LogP contribution in [-0.4, -0.2) is 36.3 Å². The molecule has 2 fully saturated rings. The van der Waals surface area contributed by atoms with Crippen LogP contribution in [0.2, 0.25) is 0 Å². The number of nitrogens with zero attached hydrogens (tertiary/aromatic N) is 1. The van der Waals surface area contributed by atoms with Crippen molar-refractivity contribution in [3.05, 3.63) is 71.8 Å². The van der Waals surface area contributed by atoms with Crippen LogP contribution in [0.3, 0.4) is 0 Å². The number of rotatable bonds is 3. The van der Waals surface area contributed by atoms with Crippen molar-refractivity contribution >= 4 is 22.6 Å². The average Bonchev–Trinajstić information content (AvgIpc) is 3.45. The van der Waals surface area contributed by atoms with Gasteiger partial charge in [-0.2, -0.15) is 0 Å². The van der Waals surface area contributed by atoms with Crippen molar-refractivity contribution in [2.45, 2.75) is 25.2 Å². The molecule has 0 radical (unpaired) electrons. The highest BCUT2D eigenvalue weighted by atomic mass is 16.2. The normalized spacial score (nSPS) is 19.0. The molecule has 1 N–H and O–H groups in total. The number of carbonyl (C=O) groups excluding carboxylic acids is 2. The second kappa shape index (κ2) is 7.36. The third-order valence-electron chi connectivity index (χ3n) is 6.19. The predicted molar refractivity (Wildman–Crippen MR) is 115 cm³/mol. The Morgan fingerprint density at radius 2 is 1.76 bits per heavy atom. The summed E-state index contributed by atoms with van der Waals surface area (Å²) >= 11 is 0. The van der Waals surface area contributed by atoms with Crippen molar-refractivity contribution in [1.82, 2.24) is 10.2 Å². The maximum Gasteiger partial charge on any atom is 0.253 e. The molecule has 0 bridgehead atoms. The van der Waals surface area contributed by atoms with E-state index in [0.717, 1.165) is 59.9 Å². The van der Waals surface area contributed by atoms with Gasteiger partial charge in [-0.05, 0) is 52.4 Å². The van der Waals surface area contributed by atoms with Gasteiger partial charge >= 0.3 is 0 Å². The van der Waals surface area contributed by atoms with Crippen LogP contribution in [-0.2, 0) is 4.79 Å². The lowest BCUT2D eigenvalue weighted by Crippen LogP contribution is -2.27. The van der Waals surface area contributed by atoms with Crippen LogP contribution in [0.5, 0.6) is 0 Å². The lowest BCUT2D eigenvalue weighted by Gasteiger charge is -2.16. The zero-order valence-corrected chi connectivity index (χ0v) is 16.4. The van der Waals surface area contributed by atoms with Crippen molar-refractivity contribution in [3.8, 4) is 11.1 Å². The summed E-state index contributed by atoms with van der Waals surface area (Å²) in [5.41, 5.74) is 4.28. The molecule has 29 heavy (non-hydrogen) atoms. The fourth-order valence-corrected chi connectivity index (χ4v) is 4.55. The minimum atomic E-state index is 0.132. The fourth-order valence-electron chi connectivity index (χ4n) is 4.55. The Morgan fingerprint density at radius 1 is 0.966 bits per heavy atom. The third-order valence-corrected chi connectivity index (χ3v) is 6.19. The summed E-state index contributed by atoms with van der Waals surface area (Å²) in [6, 6.07) is 20.8. The summed E-state index contributed by atoms with van der Waals surface area (Å²) in [5, 5.41) is 5.14. The monoisotopic (exact) mass is 384 g/mol. The molecule has 2 amide bonds. The Balaban J connectivity index is 1.45. The van der Waals surface area contributed by atoms with Gasteiger partial charge in [-0.15, -0.1) is 0 Å². The van der Waals surface area contributed by atoms with Crippen molar-refractivity contribution in [2.75, 3.05) is 19.6 Å². The molecule has 146 valence electrons. The number of carbonyl (C=O) groups is 2. The minimum absolute atomic E-state index is 0.132. The average molecular weight is 384 g/mol. The molecule has 3 aromatic carbocycles. The van der Waals surface area contributed by atoms with E-state index < -0.39 is 0 Å². The van der Waals surface area contributed by atoms with Crippen LogP contribution < -0.4 is 5.32 Å². The van der Waals surface area contributed by atoms with Gasteiger partial charge in [-0.3, -0.25) is 9.59 Å². The van der Waals surface area contributed by atoms with Crippen molar-refractivity contribution in [2.24, 2.45) is 0 Å². The van der Waals surface area contributed by atoms with Crippen LogP contribution in [0.15, 0.2) is 60.7 Å². The molecule has 4 nitrogen and oxygen atoms in total. The minimum Gasteiger partial charge on any atom is -0.355 e. The second-order valence-electron chi connectivity index (χ2n) is 8.07. The summed E-state index contributed by atoms with van der Waals surface area (Å²) in [7, 11) is 0. The SMILES string of the molecule is O=C1CC(c2ccc(-c3cccc4cc(C(=O)N5CCCC5)ccc34)cc2)CN1. The van der Waals surface area contributed by atoms with Crippen LogP contribution in [0.1, 0.15) is 41.1 Å². The van der Waals surface area contributed by atoms with Gasteiger partial charge in [0.2, 0.25) is 5.91 Å². The number of amides is 2. The molecular formula is C25H24N2O2. The predicted octanol–water partition coefficient (Wildman–Crippen LogP) is 4.35. The molecule has 2 saturated heterocycles. The van der Waals surface area contributed by atoms with Gasteiger partial charge in [0.1, 0.15) is 0 Å². The highest BCUT2D eigenvalue weighted by molar-refractivity contribution is 6.02. The van der Waals surface area contributed by atoms with E-state index in [-0.39, 0.29) is 17.7 Å². The molecule has 1 unspecified atom stereocenters. The van der Waals surface area contributed by atoms with E-state index in [1.807, 2.05) is 17.0 Å². The summed E-state index contributed by atoms with van der Waals surface area (Å²) in [6.45, 7) is 2.46. The molecule has 0 spiro atoms. The largest absolute Gasteiger partial charge is 0.355 e. The fraction of sp³-hybridized carbons (Fsp3) is 0.280. The van der Waals surface area contributed by atoms with Gasteiger partial charge in [0.25, 0.3) is 5.91 Å². The highest BCUT2D eigenvalue weighted by Crippen LogP contribution is 2.31. The molecule has 3 aromatic rings. The smallest absolute Gasteiger partial charge is 0.253 e. The first-order chi connectivity index (χ1) is 14.2. The maximum atomic E-state index is 12.7. The third kappa shape index (κ3) is 3.39. The molecular weight excluding hydrogens is 360 g/mol. The standard InChI is InChI=1S/C25H24N2O2/c28-24-15-21(16-26-24)17-6-8-18(9-7-17)22-5-3-4-19-14-20(10-11-23(19)22)25(29)27-12-1-2-13-27/h3-11,14,21H,1-2,12-13,15-16H2,(H,26,28). The van der Waals surface area contributed by atoms with E-state index in [4.69, 9.17) is 0 Å². The molecule has 1 atom stereocenters. The lowest BCUT2D eigenvalue weighted by atomic mass is 9.93. The molecule has 2 aliphatic rings. The summed E-state index contributed by atoms with van der Waals surface area (Å²) in [6.07, 6.45) is 2.77. The van der Waals surface area contributed by atoms with Crippen LogP contribution in [0.4, 0.5) is 0 Å². The number of likely N-dealkylation sites (tertiary alicyclic amines) is 1. The van der Waals surface area contributed by atoms with Gasteiger partial charge in [-0.25, -0.2) is 0 Å². The molecule has 0 aromatic heterocycles. The van der Waals surface area contributed by atoms with Crippen molar-refractivity contribution in [3.63, 3.8) is 0 Å². The van der Waals surface area contributed by atoms with Crippen molar-refractivity contribution in [1.29, 1.82) is 0 Å². The van der Waals surface area contributed by atoms with E-state index in [1.54, 1.807) is 0 Å². The number of fused-ring (bicyclic) bond motifs is 1. The first-order valence-electron chi connectivity index (χ1n) is 10.4. The van der Waals surface area contributed by atoms with E-state index >= 15 is 0 Å². The zero-order valence-electron chi connectivity index (χ0n) is 16.4.